The fraction of sp³-hybridized carbons (Fsp3) is 0.500. The van der Waals surface area contributed by atoms with E-state index in [2.05, 4.69) is 25.5 Å². The zero-order valence-electron chi connectivity index (χ0n) is 15.4. The Morgan fingerprint density at radius 2 is 2.04 bits per heavy atom. The largest absolute Gasteiger partial charge is 0.633 e. The van der Waals surface area contributed by atoms with Gasteiger partial charge in [0.25, 0.3) is 0 Å². The standard InChI is InChI=1S/C16H24BClN6O4/c18-13-7-5-12(6-8-13)10-20-15(25)11-24-16(21-22-23-24)14(19)4-2-1-3-9-28-17(26)27/h5-8,14,26-27H,1-4,9-11,19H2,(H,20,25). The van der Waals surface area contributed by atoms with E-state index in [4.69, 9.17) is 27.4 Å². The van der Waals surface area contributed by atoms with Gasteiger partial charge in [0, 0.05) is 18.2 Å². The summed E-state index contributed by atoms with van der Waals surface area (Å²) in [5, 5.41) is 32.0. The highest BCUT2D eigenvalue weighted by molar-refractivity contribution is 6.32. The second kappa shape index (κ2) is 11.7. The number of amides is 1. The quantitative estimate of drug-likeness (QED) is 0.286. The van der Waals surface area contributed by atoms with E-state index in [-0.39, 0.29) is 19.1 Å². The number of aromatic nitrogens is 4. The first-order valence-electron chi connectivity index (χ1n) is 8.96. The van der Waals surface area contributed by atoms with Crippen LogP contribution in [0.15, 0.2) is 24.3 Å². The van der Waals surface area contributed by atoms with Gasteiger partial charge in [0.15, 0.2) is 5.82 Å². The van der Waals surface area contributed by atoms with E-state index >= 15 is 0 Å². The van der Waals surface area contributed by atoms with E-state index in [1.807, 2.05) is 12.1 Å². The molecule has 28 heavy (non-hydrogen) atoms. The molecule has 0 bridgehead atoms. The average Bonchev–Trinajstić information content (AvgIpc) is 3.12. The zero-order chi connectivity index (χ0) is 20.4. The fourth-order valence-corrected chi connectivity index (χ4v) is 2.67. The Labute approximate surface area is 168 Å². The van der Waals surface area contributed by atoms with E-state index in [9.17, 15) is 4.79 Å². The van der Waals surface area contributed by atoms with Gasteiger partial charge in [0.05, 0.1) is 6.04 Å². The van der Waals surface area contributed by atoms with Crippen LogP contribution in [-0.4, -0.2) is 50.1 Å². The van der Waals surface area contributed by atoms with Crippen molar-refractivity contribution < 1.29 is 19.5 Å². The molecule has 1 unspecified atom stereocenters. The minimum absolute atomic E-state index is 0.0220. The van der Waals surface area contributed by atoms with E-state index in [1.165, 1.54) is 4.68 Å². The van der Waals surface area contributed by atoms with Crippen molar-refractivity contribution in [2.24, 2.45) is 5.73 Å². The van der Waals surface area contributed by atoms with Crippen molar-refractivity contribution in [3.8, 4) is 0 Å². The van der Waals surface area contributed by atoms with Crippen LogP contribution < -0.4 is 11.1 Å². The van der Waals surface area contributed by atoms with Crippen molar-refractivity contribution in [1.29, 1.82) is 0 Å². The Hall–Kier alpha value is -2.05. The fourth-order valence-electron chi connectivity index (χ4n) is 2.55. The van der Waals surface area contributed by atoms with Gasteiger partial charge in [-0.3, -0.25) is 4.79 Å². The van der Waals surface area contributed by atoms with Crippen LogP contribution in [0.2, 0.25) is 5.02 Å². The van der Waals surface area contributed by atoms with Gasteiger partial charge in [0.1, 0.15) is 6.54 Å². The van der Waals surface area contributed by atoms with E-state index in [1.54, 1.807) is 12.1 Å². The second-order valence-electron chi connectivity index (χ2n) is 6.25. The van der Waals surface area contributed by atoms with Crippen LogP contribution in [0.3, 0.4) is 0 Å². The topological polar surface area (TPSA) is 148 Å². The maximum Gasteiger partial charge on any atom is 0.633 e. The minimum atomic E-state index is -1.74. The number of rotatable bonds is 12. The summed E-state index contributed by atoms with van der Waals surface area (Å²) in [6.45, 7) is 0.619. The average molecular weight is 411 g/mol. The number of unbranched alkanes of at least 4 members (excludes halogenated alkanes) is 2. The summed E-state index contributed by atoms with van der Waals surface area (Å²) in [6.07, 6.45) is 2.92. The van der Waals surface area contributed by atoms with Crippen molar-refractivity contribution in [2.75, 3.05) is 6.61 Å². The molecule has 1 atom stereocenters. The van der Waals surface area contributed by atoms with E-state index < -0.39 is 13.4 Å². The summed E-state index contributed by atoms with van der Waals surface area (Å²) in [5.41, 5.74) is 7.07. The monoisotopic (exact) mass is 410 g/mol. The lowest BCUT2D eigenvalue weighted by molar-refractivity contribution is -0.122. The van der Waals surface area contributed by atoms with Gasteiger partial charge in [0.2, 0.25) is 5.91 Å². The van der Waals surface area contributed by atoms with Crippen LogP contribution in [0.1, 0.15) is 43.1 Å². The number of nitrogens with one attached hydrogen (secondary N) is 1. The molecule has 0 aliphatic carbocycles. The van der Waals surface area contributed by atoms with Crippen molar-refractivity contribution in [3.05, 3.63) is 40.7 Å². The molecule has 2 aromatic rings. The van der Waals surface area contributed by atoms with Crippen molar-refractivity contribution in [1.82, 2.24) is 25.5 Å². The van der Waals surface area contributed by atoms with Gasteiger partial charge in [-0.1, -0.05) is 36.6 Å². The highest BCUT2D eigenvalue weighted by Crippen LogP contribution is 2.14. The predicted octanol–water partition coefficient (Wildman–Crippen LogP) is 0.189. The summed E-state index contributed by atoms with van der Waals surface area (Å²) in [7, 11) is -1.74. The highest BCUT2D eigenvalue weighted by atomic mass is 35.5. The molecule has 10 nitrogen and oxygen atoms in total. The van der Waals surface area contributed by atoms with Gasteiger partial charge in [-0.2, -0.15) is 0 Å². The highest BCUT2D eigenvalue weighted by Gasteiger charge is 2.17. The molecule has 0 radical (unpaired) electrons. The van der Waals surface area contributed by atoms with Crippen LogP contribution in [0.5, 0.6) is 0 Å². The predicted molar refractivity (Wildman–Crippen MR) is 103 cm³/mol. The number of benzene rings is 1. The van der Waals surface area contributed by atoms with Gasteiger partial charge < -0.3 is 25.8 Å². The van der Waals surface area contributed by atoms with Crippen molar-refractivity contribution in [2.45, 2.75) is 44.8 Å². The lowest BCUT2D eigenvalue weighted by Gasteiger charge is -2.12. The van der Waals surface area contributed by atoms with Crippen LogP contribution in [0, 0.1) is 0 Å². The molecule has 1 amide bonds. The normalized spacial score (nSPS) is 12.0. The molecule has 12 heteroatoms. The SMILES string of the molecule is NC(CCCCCOB(O)O)c1nnnn1CC(=O)NCc1ccc(Cl)cc1. The Balaban J connectivity index is 1.73. The lowest BCUT2D eigenvalue weighted by atomic mass is 10.1. The Bertz CT molecular complexity index is 730. The molecule has 2 rings (SSSR count). The molecule has 1 heterocycles. The van der Waals surface area contributed by atoms with Crippen LogP contribution in [0.4, 0.5) is 0 Å². The number of carbonyl (C=O) groups excluding carboxylic acids is 1. The second-order valence-corrected chi connectivity index (χ2v) is 6.69. The molecule has 0 saturated carbocycles. The third-order valence-corrected chi connectivity index (χ3v) is 4.27. The van der Waals surface area contributed by atoms with Gasteiger partial charge in [-0.25, -0.2) is 4.68 Å². The van der Waals surface area contributed by atoms with E-state index in [0.717, 1.165) is 18.4 Å². The van der Waals surface area contributed by atoms with Crippen LogP contribution in [-0.2, 0) is 22.5 Å². The maximum absolute atomic E-state index is 12.2. The molecule has 1 aromatic heterocycles. The first kappa shape index (κ1) is 22.2. The molecule has 5 N–H and O–H groups in total. The van der Waals surface area contributed by atoms with Crippen molar-refractivity contribution >= 4 is 24.8 Å². The van der Waals surface area contributed by atoms with Gasteiger partial charge in [-0.15, -0.1) is 5.10 Å². The summed E-state index contributed by atoms with van der Waals surface area (Å²) >= 11 is 5.84. The number of nitrogens with two attached hydrogens (primary N) is 1. The molecule has 0 aliphatic rings. The van der Waals surface area contributed by atoms with Gasteiger partial charge >= 0.3 is 7.32 Å². The molecular formula is C16H24BClN6O4. The van der Waals surface area contributed by atoms with Crippen molar-refractivity contribution in [3.63, 3.8) is 0 Å². The zero-order valence-corrected chi connectivity index (χ0v) is 16.1. The molecular weight excluding hydrogens is 386 g/mol. The molecule has 0 fully saturated rings. The number of tetrazole rings is 1. The van der Waals surface area contributed by atoms with Gasteiger partial charge in [-0.05, 0) is 41.0 Å². The van der Waals surface area contributed by atoms with Crippen LogP contribution in [0.25, 0.3) is 0 Å². The maximum atomic E-state index is 12.2. The smallest absolute Gasteiger partial charge is 0.402 e. The summed E-state index contributed by atoms with van der Waals surface area (Å²) in [5.74, 6) is 0.221. The Morgan fingerprint density at radius 3 is 2.75 bits per heavy atom. The molecule has 0 aliphatic heterocycles. The lowest BCUT2D eigenvalue weighted by Crippen LogP contribution is -2.29. The third kappa shape index (κ3) is 7.91. The summed E-state index contributed by atoms with van der Waals surface area (Å²) in [6, 6.07) is 6.81. The first-order chi connectivity index (χ1) is 13.5. The number of carbonyl (C=O) groups is 1. The molecule has 152 valence electrons. The number of nitrogens with zero attached hydrogens (tertiary/aromatic N) is 4. The third-order valence-electron chi connectivity index (χ3n) is 4.01. The number of halogens is 1. The summed E-state index contributed by atoms with van der Waals surface area (Å²) < 4.78 is 6.03. The molecule has 0 spiro atoms. The van der Waals surface area contributed by atoms with E-state index in [0.29, 0.717) is 30.2 Å². The minimum Gasteiger partial charge on any atom is -0.402 e. The molecule has 1 aromatic carbocycles. The number of hydrogen-bond donors (Lipinski definition) is 4. The first-order valence-corrected chi connectivity index (χ1v) is 9.34. The Morgan fingerprint density at radius 1 is 1.29 bits per heavy atom. The van der Waals surface area contributed by atoms with Crippen LogP contribution >= 0.6 is 11.6 Å². The molecule has 0 saturated heterocycles. The Kier molecular flexibility index (Phi) is 9.31. The number of hydrogen-bond acceptors (Lipinski definition) is 8. The summed E-state index contributed by atoms with van der Waals surface area (Å²) in [4.78, 5) is 12.2.